The number of hydrogen-bond acceptors (Lipinski definition) is 5. The van der Waals surface area contributed by atoms with Crippen LogP contribution in [-0.4, -0.2) is 36.4 Å². The first-order valence-electron chi connectivity index (χ1n) is 11.2. The molecule has 4 rings (SSSR count). The van der Waals surface area contributed by atoms with E-state index in [0.717, 1.165) is 42.7 Å². The van der Waals surface area contributed by atoms with Crippen molar-refractivity contribution in [2.75, 3.05) is 30.3 Å². The first-order valence-corrected chi connectivity index (χ1v) is 11.2. The number of hydrogen-bond donors (Lipinski definition) is 4. The topological polar surface area (TPSA) is 95.2 Å². The highest BCUT2D eigenvalue weighted by molar-refractivity contribution is 6.12. The Hall–Kier alpha value is -3.55. The lowest BCUT2D eigenvalue weighted by Gasteiger charge is -2.17. The van der Waals surface area contributed by atoms with E-state index in [9.17, 15) is 9.59 Å². The number of amides is 2. The van der Waals surface area contributed by atoms with Crippen molar-refractivity contribution in [2.24, 2.45) is 0 Å². The fourth-order valence-electron chi connectivity index (χ4n) is 3.79. The summed E-state index contributed by atoms with van der Waals surface area (Å²) in [6, 6.07) is 16.8. The predicted molar refractivity (Wildman–Crippen MR) is 131 cm³/mol. The van der Waals surface area contributed by atoms with Crippen molar-refractivity contribution in [3.8, 4) is 0 Å². The first kappa shape index (κ1) is 22.6. The van der Waals surface area contributed by atoms with Gasteiger partial charge in [-0.25, -0.2) is 4.98 Å². The van der Waals surface area contributed by atoms with E-state index >= 15 is 0 Å². The molecule has 1 saturated heterocycles. The smallest absolute Gasteiger partial charge is 0.258 e. The lowest BCUT2D eigenvalue weighted by molar-refractivity contribution is 0.102. The molecule has 1 aliphatic heterocycles. The zero-order chi connectivity index (χ0) is 23.2. The van der Waals surface area contributed by atoms with Crippen LogP contribution < -0.4 is 21.3 Å². The van der Waals surface area contributed by atoms with Crippen LogP contribution in [0.25, 0.3) is 0 Å². The Bertz CT molecular complexity index is 1120. The Morgan fingerprint density at radius 3 is 2.45 bits per heavy atom. The lowest BCUT2D eigenvalue weighted by Crippen LogP contribution is -2.27. The third-order valence-electron chi connectivity index (χ3n) is 5.67. The SMILES string of the molecule is Cc1ccc(NC(=O)c2cc(C)ccc2NC(=O)c2ccc(C3CNCCCN3)cc2)nc1. The molecule has 1 aliphatic rings. The molecular weight excluding hydrogens is 414 g/mol. The van der Waals surface area contributed by atoms with E-state index in [1.807, 2.05) is 50.2 Å². The molecule has 2 heterocycles. The van der Waals surface area contributed by atoms with Crippen molar-refractivity contribution in [3.63, 3.8) is 0 Å². The fourth-order valence-corrected chi connectivity index (χ4v) is 3.79. The second-order valence-electron chi connectivity index (χ2n) is 8.36. The fraction of sp³-hybridized carbons (Fsp3) is 0.269. The number of nitrogens with zero attached hydrogens (tertiary/aromatic N) is 1. The summed E-state index contributed by atoms with van der Waals surface area (Å²) in [6.07, 6.45) is 2.79. The summed E-state index contributed by atoms with van der Waals surface area (Å²) in [5.41, 5.74) is 4.44. The summed E-state index contributed by atoms with van der Waals surface area (Å²) >= 11 is 0. The van der Waals surface area contributed by atoms with Gasteiger partial charge in [-0.3, -0.25) is 9.59 Å². The zero-order valence-corrected chi connectivity index (χ0v) is 18.9. The third-order valence-corrected chi connectivity index (χ3v) is 5.67. The number of rotatable bonds is 5. The quantitative estimate of drug-likeness (QED) is 0.481. The van der Waals surface area contributed by atoms with Crippen LogP contribution >= 0.6 is 0 Å². The normalized spacial score (nSPS) is 16.0. The molecule has 0 aliphatic carbocycles. The van der Waals surface area contributed by atoms with Gasteiger partial charge in [0.25, 0.3) is 11.8 Å². The number of carbonyl (C=O) groups is 2. The van der Waals surface area contributed by atoms with Crippen LogP contribution in [-0.2, 0) is 0 Å². The van der Waals surface area contributed by atoms with Crippen molar-refractivity contribution in [3.05, 3.63) is 88.6 Å². The summed E-state index contributed by atoms with van der Waals surface area (Å²) < 4.78 is 0. The Balaban J connectivity index is 1.48. The number of nitrogens with one attached hydrogen (secondary N) is 4. The molecule has 1 atom stereocenters. The summed E-state index contributed by atoms with van der Waals surface area (Å²) in [6.45, 7) is 6.68. The monoisotopic (exact) mass is 443 g/mol. The van der Waals surface area contributed by atoms with E-state index in [4.69, 9.17) is 0 Å². The summed E-state index contributed by atoms with van der Waals surface area (Å²) in [4.78, 5) is 30.1. The minimum Gasteiger partial charge on any atom is -0.321 e. The third kappa shape index (κ3) is 5.83. The number of anilines is 2. The lowest BCUT2D eigenvalue weighted by atomic mass is 10.0. The van der Waals surface area contributed by atoms with E-state index < -0.39 is 0 Å². The molecule has 33 heavy (non-hydrogen) atoms. The van der Waals surface area contributed by atoms with E-state index in [1.54, 1.807) is 24.4 Å². The minimum atomic E-state index is -0.326. The maximum Gasteiger partial charge on any atom is 0.258 e. The number of pyridine rings is 1. The molecule has 7 heteroatoms. The van der Waals surface area contributed by atoms with Crippen molar-refractivity contribution in [1.82, 2.24) is 15.6 Å². The predicted octanol–water partition coefficient (Wildman–Crippen LogP) is 3.83. The average Bonchev–Trinajstić information content (AvgIpc) is 3.11. The molecule has 170 valence electrons. The maximum atomic E-state index is 12.9. The van der Waals surface area contributed by atoms with Gasteiger partial charge in [-0.15, -0.1) is 0 Å². The van der Waals surface area contributed by atoms with Crippen LogP contribution in [0.5, 0.6) is 0 Å². The van der Waals surface area contributed by atoms with Crippen LogP contribution in [0.3, 0.4) is 0 Å². The Morgan fingerprint density at radius 2 is 1.70 bits per heavy atom. The molecule has 1 aromatic heterocycles. The molecule has 1 unspecified atom stereocenters. The van der Waals surface area contributed by atoms with Crippen molar-refractivity contribution < 1.29 is 9.59 Å². The molecule has 0 spiro atoms. The molecule has 3 aromatic rings. The van der Waals surface area contributed by atoms with Gasteiger partial charge < -0.3 is 21.3 Å². The van der Waals surface area contributed by atoms with Crippen molar-refractivity contribution >= 4 is 23.3 Å². The van der Waals surface area contributed by atoms with Crippen molar-refractivity contribution in [2.45, 2.75) is 26.3 Å². The Kier molecular flexibility index (Phi) is 7.12. The van der Waals surface area contributed by atoms with Crippen LogP contribution in [0.15, 0.2) is 60.8 Å². The molecule has 4 N–H and O–H groups in total. The number of aryl methyl sites for hydroxylation is 2. The molecule has 0 saturated carbocycles. The molecule has 0 radical (unpaired) electrons. The van der Waals surface area contributed by atoms with Gasteiger partial charge in [-0.1, -0.05) is 29.8 Å². The van der Waals surface area contributed by atoms with Gasteiger partial charge in [-0.2, -0.15) is 0 Å². The van der Waals surface area contributed by atoms with Gasteiger partial charge in [0.1, 0.15) is 5.82 Å². The highest BCUT2D eigenvalue weighted by Crippen LogP contribution is 2.21. The van der Waals surface area contributed by atoms with E-state index in [2.05, 4.69) is 26.3 Å². The molecular formula is C26H29N5O2. The van der Waals surface area contributed by atoms with Crippen LogP contribution in [0, 0.1) is 13.8 Å². The van der Waals surface area contributed by atoms with Crippen LogP contribution in [0.2, 0.25) is 0 Å². The molecule has 1 fully saturated rings. The molecule has 2 amide bonds. The average molecular weight is 444 g/mol. The van der Waals surface area contributed by atoms with Gasteiger partial charge in [0.15, 0.2) is 0 Å². The van der Waals surface area contributed by atoms with E-state index in [0.29, 0.717) is 22.6 Å². The molecule has 0 bridgehead atoms. The zero-order valence-electron chi connectivity index (χ0n) is 18.9. The van der Waals surface area contributed by atoms with Gasteiger partial charge in [0.2, 0.25) is 0 Å². The number of aromatic nitrogens is 1. The van der Waals surface area contributed by atoms with Crippen LogP contribution in [0.1, 0.15) is 49.9 Å². The van der Waals surface area contributed by atoms with E-state index in [-0.39, 0.29) is 17.9 Å². The minimum absolute atomic E-state index is 0.229. The summed E-state index contributed by atoms with van der Waals surface area (Å²) in [5, 5.41) is 12.6. The maximum absolute atomic E-state index is 12.9. The molecule has 2 aromatic carbocycles. The van der Waals surface area contributed by atoms with Crippen LogP contribution in [0.4, 0.5) is 11.5 Å². The Labute approximate surface area is 194 Å². The Morgan fingerprint density at radius 1 is 0.909 bits per heavy atom. The first-order chi connectivity index (χ1) is 16.0. The van der Waals surface area contributed by atoms with E-state index in [1.165, 1.54) is 0 Å². The standard InChI is InChI=1S/C26H29N5O2/c1-17-4-10-22(21(14-17)26(33)31-24-11-5-18(2)15-29-24)30-25(32)20-8-6-19(7-9-20)23-16-27-12-3-13-28-23/h4-11,14-15,23,27-28H,3,12-13,16H2,1-2H3,(H,30,32)(H,29,31,33). The van der Waals surface area contributed by atoms with Gasteiger partial charge in [0.05, 0.1) is 11.3 Å². The highest BCUT2D eigenvalue weighted by atomic mass is 16.2. The largest absolute Gasteiger partial charge is 0.321 e. The van der Waals surface area contributed by atoms with Crippen molar-refractivity contribution in [1.29, 1.82) is 0 Å². The number of benzene rings is 2. The summed E-state index contributed by atoms with van der Waals surface area (Å²) in [7, 11) is 0. The summed E-state index contributed by atoms with van der Waals surface area (Å²) in [5.74, 6) is -0.130. The second kappa shape index (κ2) is 10.4. The van der Waals surface area contributed by atoms with Gasteiger partial charge in [0, 0.05) is 24.3 Å². The molecule has 7 nitrogen and oxygen atoms in total. The van der Waals surface area contributed by atoms with Gasteiger partial charge in [-0.05, 0) is 74.8 Å². The second-order valence-corrected chi connectivity index (χ2v) is 8.36. The highest BCUT2D eigenvalue weighted by Gasteiger charge is 2.17. The van der Waals surface area contributed by atoms with Gasteiger partial charge >= 0.3 is 0 Å². The number of carbonyl (C=O) groups excluding carboxylic acids is 2.